The third-order valence-electron chi connectivity index (χ3n) is 7.98. The van der Waals surface area contributed by atoms with Gasteiger partial charge in [-0.2, -0.15) is 23.5 Å². The second-order valence-corrected chi connectivity index (χ2v) is 11.5. The summed E-state index contributed by atoms with van der Waals surface area (Å²) >= 11 is 6.53. The number of amides is 2. The molecule has 17 heteroatoms. The lowest BCUT2D eigenvalue weighted by atomic mass is 10.0. The Kier molecular flexibility index (Phi) is 8.55. The van der Waals surface area contributed by atoms with E-state index >= 15 is 0 Å². The monoisotopic (exact) mass is 656 g/mol. The van der Waals surface area contributed by atoms with Gasteiger partial charge in [-0.15, -0.1) is 0 Å². The van der Waals surface area contributed by atoms with Crippen molar-refractivity contribution < 1.29 is 27.9 Å². The van der Waals surface area contributed by atoms with Crippen molar-refractivity contribution in [2.24, 2.45) is 0 Å². The number of β-amino-alcohol motifs (C(OH)–C–C–N with tert-alkyl or cyclic N) is 1. The number of fused-ring (bicyclic) bond motifs is 1. The Hall–Kier alpha value is -4.72. The van der Waals surface area contributed by atoms with Crippen LogP contribution in [0.2, 0.25) is 5.02 Å². The van der Waals surface area contributed by atoms with E-state index in [1.165, 1.54) is 23.0 Å². The van der Waals surface area contributed by atoms with E-state index in [-0.39, 0.29) is 52.1 Å². The number of hydrogen-bond donors (Lipinski definition) is 4. The molecule has 3 aromatic heterocycles. The molecule has 5 heterocycles. The molecule has 0 radical (unpaired) electrons. The van der Waals surface area contributed by atoms with Gasteiger partial charge in [-0.05, 0) is 37.5 Å². The van der Waals surface area contributed by atoms with Gasteiger partial charge < -0.3 is 26.0 Å². The van der Waals surface area contributed by atoms with Crippen molar-refractivity contribution in [3.8, 4) is 17.3 Å². The zero-order valence-corrected chi connectivity index (χ0v) is 24.9. The minimum atomic E-state index is -4.76. The van der Waals surface area contributed by atoms with E-state index in [4.69, 9.17) is 16.9 Å². The van der Waals surface area contributed by atoms with E-state index in [0.29, 0.717) is 50.1 Å². The molecule has 2 atom stereocenters. The van der Waals surface area contributed by atoms with Crippen LogP contribution in [0, 0.1) is 11.3 Å². The van der Waals surface area contributed by atoms with Gasteiger partial charge in [0.05, 0.1) is 46.3 Å². The summed E-state index contributed by atoms with van der Waals surface area (Å²) in [7, 11) is 0. The molecule has 2 aliphatic heterocycles. The fourth-order valence-corrected chi connectivity index (χ4v) is 5.96. The average Bonchev–Trinajstić information content (AvgIpc) is 3.76. The van der Waals surface area contributed by atoms with Gasteiger partial charge in [0.15, 0.2) is 17.2 Å². The Morgan fingerprint density at radius 2 is 2.00 bits per heavy atom. The first-order valence-corrected chi connectivity index (χ1v) is 14.8. The van der Waals surface area contributed by atoms with Gasteiger partial charge in [0, 0.05) is 50.0 Å². The molecule has 0 bridgehead atoms. The maximum Gasteiger partial charge on any atom is 0.435 e. The number of nitrogens with one attached hydrogen (secondary N) is 3. The van der Waals surface area contributed by atoms with Gasteiger partial charge in [-0.25, -0.2) is 9.97 Å². The zero-order valence-electron chi connectivity index (χ0n) is 24.1. The zero-order chi connectivity index (χ0) is 32.6. The molecule has 0 saturated carbocycles. The van der Waals surface area contributed by atoms with Crippen LogP contribution in [0.4, 0.5) is 24.7 Å². The summed E-state index contributed by atoms with van der Waals surface area (Å²) < 4.78 is 43.6. The van der Waals surface area contributed by atoms with Crippen LogP contribution in [0.1, 0.15) is 35.3 Å². The van der Waals surface area contributed by atoms with Crippen LogP contribution in [0.3, 0.4) is 0 Å². The van der Waals surface area contributed by atoms with Crippen molar-refractivity contribution in [1.82, 2.24) is 39.7 Å². The van der Waals surface area contributed by atoms with E-state index in [1.54, 1.807) is 29.2 Å². The molecular formula is C29H28ClF3N10O3. The number of carbonyl (C=O) groups is 2. The maximum atomic E-state index is 13.8. The van der Waals surface area contributed by atoms with Gasteiger partial charge in [0.25, 0.3) is 5.91 Å². The summed E-state index contributed by atoms with van der Waals surface area (Å²) in [5, 5.41) is 31.4. The number of alkyl halides is 3. The number of nitrogens with zero attached hydrogens (tertiary/aromatic N) is 7. The van der Waals surface area contributed by atoms with Crippen LogP contribution < -0.4 is 16.0 Å². The number of hydrogen-bond acceptors (Lipinski definition) is 9. The predicted molar refractivity (Wildman–Crippen MR) is 159 cm³/mol. The van der Waals surface area contributed by atoms with Gasteiger partial charge >= 0.3 is 6.18 Å². The number of aromatic nitrogens is 5. The Labute approximate surface area is 265 Å². The van der Waals surface area contributed by atoms with E-state index < -0.39 is 24.0 Å². The predicted octanol–water partition coefficient (Wildman–Crippen LogP) is 2.98. The maximum absolute atomic E-state index is 13.8. The summed E-state index contributed by atoms with van der Waals surface area (Å²) in [5.41, 5.74) is -0.286. The number of rotatable bonds is 7. The first-order chi connectivity index (χ1) is 22.0. The molecule has 240 valence electrons. The Morgan fingerprint density at radius 3 is 2.67 bits per heavy atom. The number of aliphatic hydroxyl groups excluding tert-OH is 1. The minimum absolute atomic E-state index is 0.0784. The van der Waals surface area contributed by atoms with Gasteiger partial charge in [0.2, 0.25) is 5.91 Å². The molecule has 0 spiro atoms. The molecule has 4 aromatic rings. The first kappa shape index (κ1) is 31.3. The molecule has 0 aliphatic carbocycles. The van der Waals surface area contributed by atoms with Crippen LogP contribution in [0.5, 0.6) is 0 Å². The van der Waals surface area contributed by atoms with Gasteiger partial charge in [-0.3, -0.25) is 18.7 Å². The number of benzene rings is 1. The Balaban J connectivity index is 1.14. The minimum Gasteiger partial charge on any atom is -0.392 e. The van der Waals surface area contributed by atoms with Crippen LogP contribution in [-0.4, -0.2) is 83.8 Å². The molecule has 4 N–H and O–H groups in total. The summed E-state index contributed by atoms with van der Waals surface area (Å²) in [6.45, 7) is 0.899. The smallest absolute Gasteiger partial charge is 0.392 e. The van der Waals surface area contributed by atoms with E-state index in [0.717, 1.165) is 10.9 Å². The van der Waals surface area contributed by atoms with Crippen LogP contribution >= 0.6 is 11.6 Å². The quantitative estimate of drug-likeness (QED) is 0.234. The van der Waals surface area contributed by atoms with Gasteiger partial charge in [-0.1, -0.05) is 11.6 Å². The van der Waals surface area contributed by atoms with Crippen LogP contribution in [-0.2, 0) is 17.5 Å². The number of aliphatic hydroxyl groups is 1. The second kappa shape index (κ2) is 12.6. The second-order valence-electron chi connectivity index (χ2n) is 11.1. The third kappa shape index (κ3) is 6.34. The van der Waals surface area contributed by atoms with Crippen molar-refractivity contribution in [2.75, 3.05) is 25.0 Å². The third-order valence-corrected chi connectivity index (χ3v) is 8.29. The Morgan fingerprint density at radius 1 is 1.22 bits per heavy atom. The highest BCUT2D eigenvalue weighted by molar-refractivity contribution is 6.34. The Bertz CT molecular complexity index is 1830. The highest BCUT2D eigenvalue weighted by Crippen LogP contribution is 2.37. The number of nitriles is 1. The molecule has 0 unspecified atom stereocenters. The number of anilines is 2. The highest BCUT2D eigenvalue weighted by Gasteiger charge is 2.38. The van der Waals surface area contributed by atoms with Crippen molar-refractivity contribution in [3.63, 3.8) is 0 Å². The highest BCUT2D eigenvalue weighted by atomic mass is 35.5. The molecular weight excluding hydrogens is 629 g/mol. The normalized spacial score (nSPS) is 18.9. The first-order valence-electron chi connectivity index (χ1n) is 14.4. The SMILES string of the molecule is N#CCn1cc(-c2cnc3c(Nc4ccc(C(=O)N5CCC(NC(=O)[C@@H]6C[C@@H](O)CN6)CC5)c(Cl)c4)nccn23)c(C(F)(F)F)n1. The fraction of sp³-hybridized carbons (Fsp3) is 0.379. The summed E-state index contributed by atoms with van der Waals surface area (Å²) in [5.74, 6) is -0.173. The van der Waals surface area contributed by atoms with Crippen LogP contribution in [0.15, 0.2) is 43.0 Å². The molecule has 1 aromatic carbocycles. The van der Waals surface area contributed by atoms with Crippen molar-refractivity contribution in [3.05, 3.63) is 59.3 Å². The molecule has 2 aliphatic rings. The fourth-order valence-electron chi connectivity index (χ4n) is 5.70. The number of piperidine rings is 1. The largest absolute Gasteiger partial charge is 0.435 e. The van der Waals surface area contributed by atoms with E-state index in [1.807, 2.05) is 0 Å². The summed E-state index contributed by atoms with van der Waals surface area (Å²) in [4.78, 5) is 36.0. The standard InChI is InChI=1S/C29H28ClF3N10O3/c30-21-11-17(1-2-19(21)28(46)41-7-3-16(4-8-41)39-27(45)22-12-18(44)13-36-22)38-25-26-37-14-23(43(26)10-6-35-25)20-15-42(9-5-34)40-24(20)29(31,32)33/h1-2,6,10-11,14-16,18,22,36,44H,3-4,7-9,12-13H2,(H,35,38)(H,39,45)/t18-,22+/m1/s1. The van der Waals surface area contributed by atoms with E-state index in [2.05, 4.69) is 31.0 Å². The van der Waals surface area contributed by atoms with Gasteiger partial charge in [0.1, 0.15) is 6.54 Å². The number of likely N-dealkylation sites (tertiary alicyclic amines) is 1. The lowest BCUT2D eigenvalue weighted by Gasteiger charge is -2.33. The molecule has 2 fully saturated rings. The average molecular weight is 657 g/mol. The molecule has 13 nitrogen and oxygen atoms in total. The molecule has 6 rings (SSSR count). The molecule has 46 heavy (non-hydrogen) atoms. The molecule has 2 amide bonds. The van der Waals surface area contributed by atoms with E-state index in [9.17, 15) is 27.9 Å². The van der Waals surface area contributed by atoms with Crippen molar-refractivity contribution in [2.45, 2.75) is 50.2 Å². The topological polar surface area (TPSA) is 166 Å². The number of carbonyl (C=O) groups excluding carboxylic acids is 2. The summed E-state index contributed by atoms with van der Waals surface area (Å²) in [6, 6.07) is 6.05. The number of halogens is 4. The molecule has 2 saturated heterocycles. The lowest BCUT2D eigenvalue weighted by molar-refractivity contribution is -0.141. The number of imidazole rings is 1. The van der Waals surface area contributed by atoms with Crippen molar-refractivity contribution in [1.29, 1.82) is 5.26 Å². The van der Waals surface area contributed by atoms with Crippen molar-refractivity contribution >= 4 is 40.6 Å². The van der Waals surface area contributed by atoms with Crippen LogP contribution in [0.25, 0.3) is 16.9 Å². The lowest BCUT2D eigenvalue weighted by Crippen LogP contribution is -2.50. The summed E-state index contributed by atoms with van der Waals surface area (Å²) in [6.07, 6.45) is 1.52.